The summed E-state index contributed by atoms with van der Waals surface area (Å²) in [4.78, 5) is 28.2. The van der Waals surface area contributed by atoms with Crippen molar-refractivity contribution >= 4 is 5.97 Å². The zero-order valence-corrected chi connectivity index (χ0v) is 14.8. The lowest BCUT2D eigenvalue weighted by Gasteiger charge is -2.42. The first-order valence-corrected chi connectivity index (χ1v) is 8.76. The van der Waals surface area contributed by atoms with E-state index >= 15 is 0 Å². The monoisotopic (exact) mass is 372 g/mol. The summed E-state index contributed by atoms with van der Waals surface area (Å²) in [6.45, 7) is 0.754. The van der Waals surface area contributed by atoms with Crippen molar-refractivity contribution in [2.75, 3.05) is 20.3 Å². The Balaban J connectivity index is 1.53. The van der Waals surface area contributed by atoms with Gasteiger partial charge in [-0.25, -0.2) is 9.78 Å². The number of carbonyl (C=O) groups excluding carboxylic acids is 1. The molecule has 142 valence electrons. The minimum absolute atomic E-state index is 0.182. The molecule has 0 bridgehead atoms. The normalized spacial score (nSPS) is 27.6. The Kier molecular flexibility index (Phi) is 5.02. The number of aromatic nitrogens is 2. The molecule has 0 amide bonds. The van der Waals surface area contributed by atoms with E-state index in [0.717, 1.165) is 5.56 Å². The van der Waals surface area contributed by atoms with E-state index in [2.05, 4.69) is 9.72 Å². The number of rotatable bonds is 3. The van der Waals surface area contributed by atoms with E-state index in [0.29, 0.717) is 19.6 Å². The van der Waals surface area contributed by atoms with Crippen molar-refractivity contribution in [2.24, 2.45) is 0 Å². The van der Waals surface area contributed by atoms with E-state index in [1.807, 2.05) is 30.3 Å². The van der Waals surface area contributed by atoms with Gasteiger partial charge >= 0.3 is 5.97 Å². The van der Waals surface area contributed by atoms with Gasteiger partial charge in [0.15, 0.2) is 6.29 Å². The molecule has 4 atom stereocenters. The van der Waals surface area contributed by atoms with Crippen molar-refractivity contribution in [3.05, 3.63) is 64.3 Å². The van der Waals surface area contributed by atoms with Crippen LogP contribution in [0.25, 0.3) is 0 Å². The molecule has 0 spiro atoms. The second-order valence-electron chi connectivity index (χ2n) is 6.49. The van der Waals surface area contributed by atoms with E-state index in [1.54, 1.807) is 6.20 Å². The van der Waals surface area contributed by atoms with Gasteiger partial charge in [0, 0.05) is 18.0 Å². The smallest absolute Gasteiger partial charge is 0.362 e. The van der Waals surface area contributed by atoms with Crippen LogP contribution in [0.15, 0.2) is 47.5 Å². The van der Waals surface area contributed by atoms with Gasteiger partial charge < -0.3 is 23.5 Å². The molecule has 3 heterocycles. The molecule has 8 nitrogen and oxygen atoms in total. The molecule has 8 heteroatoms. The van der Waals surface area contributed by atoms with Crippen LogP contribution in [0.1, 0.15) is 34.8 Å². The zero-order chi connectivity index (χ0) is 18.8. The summed E-state index contributed by atoms with van der Waals surface area (Å²) in [5, 5.41) is 0. The van der Waals surface area contributed by atoms with E-state index in [4.69, 9.17) is 14.2 Å². The molecule has 0 aliphatic carbocycles. The summed E-state index contributed by atoms with van der Waals surface area (Å²) in [5.41, 5.74) is 0.201. The van der Waals surface area contributed by atoms with Gasteiger partial charge in [-0.05, 0) is 6.42 Å². The molecule has 27 heavy (non-hydrogen) atoms. The molecule has 0 N–H and O–H groups in total. The van der Waals surface area contributed by atoms with Gasteiger partial charge in [-0.15, -0.1) is 0 Å². The van der Waals surface area contributed by atoms with Crippen LogP contribution in [-0.2, 0) is 18.9 Å². The van der Waals surface area contributed by atoms with Gasteiger partial charge in [0.2, 0.25) is 5.69 Å². The van der Waals surface area contributed by atoms with Gasteiger partial charge in [0.1, 0.15) is 6.10 Å². The second-order valence-corrected chi connectivity index (χ2v) is 6.49. The van der Waals surface area contributed by atoms with Gasteiger partial charge in [-0.3, -0.25) is 4.79 Å². The van der Waals surface area contributed by atoms with Crippen molar-refractivity contribution in [3.63, 3.8) is 0 Å². The number of carbonyl (C=O) groups is 1. The maximum Gasteiger partial charge on any atom is 0.362 e. The van der Waals surface area contributed by atoms with Crippen LogP contribution in [-0.4, -0.2) is 48.1 Å². The van der Waals surface area contributed by atoms with E-state index in [-0.39, 0.29) is 23.9 Å². The van der Waals surface area contributed by atoms with E-state index < -0.39 is 17.8 Å². The van der Waals surface area contributed by atoms with Crippen LogP contribution in [0.2, 0.25) is 0 Å². The lowest BCUT2D eigenvalue weighted by Crippen LogP contribution is -2.49. The molecule has 2 aromatic rings. The van der Waals surface area contributed by atoms with E-state index in [1.165, 1.54) is 17.9 Å². The van der Waals surface area contributed by atoms with Crippen molar-refractivity contribution in [2.45, 2.75) is 31.0 Å². The lowest BCUT2D eigenvalue weighted by molar-refractivity contribution is -0.282. The summed E-state index contributed by atoms with van der Waals surface area (Å²) in [6, 6.07) is 9.42. The number of methoxy groups -OCH3 is 1. The molecule has 1 aromatic carbocycles. The van der Waals surface area contributed by atoms with Crippen LogP contribution in [0, 0.1) is 0 Å². The lowest BCUT2D eigenvalue weighted by atomic mass is 10.00. The highest BCUT2D eigenvalue weighted by molar-refractivity contribution is 5.86. The first-order chi connectivity index (χ1) is 13.2. The number of fused-ring (bicyclic) bond motifs is 1. The van der Waals surface area contributed by atoms with Gasteiger partial charge in [-0.1, -0.05) is 30.3 Å². The minimum Gasteiger partial charge on any atom is -0.464 e. The molecule has 0 radical (unpaired) electrons. The largest absolute Gasteiger partial charge is 0.464 e. The highest BCUT2D eigenvalue weighted by Crippen LogP contribution is 2.34. The Hall–Kier alpha value is -2.55. The number of nitrogens with zero attached hydrogens (tertiary/aromatic N) is 2. The Morgan fingerprint density at radius 2 is 2.00 bits per heavy atom. The number of benzene rings is 1. The molecule has 0 saturated carbocycles. The average molecular weight is 372 g/mol. The van der Waals surface area contributed by atoms with Crippen LogP contribution in [0.3, 0.4) is 0 Å². The predicted molar refractivity (Wildman–Crippen MR) is 93.2 cm³/mol. The number of ether oxygens (including phenoxy) is 4. The van der Waals surface area contributed by atoms with E-state index in [9.17, 15) is 9.59 Å². The van der Waals surface area contributed by atoms with Gasteiger partial charge in [0.25, 0.3) is 5.56 Å². The Bertz CT molecular complexity index is 868. The van der Waals surface area contributed by atoms with Gasteiger partial charge in [0.05, 0.1) is 32.5 Å². The first-order valence-electron chi connectivity index (χ1n) is 8.76. The van der Waals surface area contributed by atoms with Crippen molar-refractivity contribution in [1.82, 2.24) is 9.55 Å². The molecule has 2 aliphatic rings. The highest BCUT2D eigenvalue weighted by atomic mass is 16.7. The number of esters is 1. The maximum atomic E-state index is 12.6. The zero-order valence-electron chi connectivity index (χ0n) is 14.8. The van der Waals surface area contributed by atoms with Crippen LogP contribution in [0.5, 0.6) is 0 Å². The van der Waals surface area contributed by atoms with Crippen LogP contribution in [0.4, 0.5) is 0 Å². The second kappa shape index (κ2) is 7.59. The topological polar surface area (TPSA) is 88.9 Å². The standard InChI is InChI=1S/C19H20N2O6/c1-24-18(23)16-17(22)21(8-7-20-16)13-9-14-15(25-10-13)11-26-19(27-14)12-5-3-2-4-6-12/h2-8,13-15,19H,9-11H2,1H3/t13-,14+,15-,19?/m1/s1. The van der Waals surface area contributed by atoms with Crippen LogP contribution >= 0.6 is 0 Å². The molecular weight excluding hydrogens is 352 g/mol. The SMILES string of the molecule is COC(=O)c1nccn([C@H]2CO[C@@H]3COC(c4ccccc4)O[C@H]3C2)c1=O. The Morgan fingerprint density at radius 1 is 1.19 bits per heavy atom. The van der Waals surface area contributed by atoms with Crippen molar-refractivity contribution < 1.29 is 23.7 Å². The molecule has 2 aliphatic heterocycles. The van der Waals surface area contributed by atoms with Crippen molar-refractivity contribution in [3.8, 4) is 0 Å². The minimum atomic E-state index is -0.754. The molecule has 1 aromatic heterocycles. The summed E-state index contributed by atoms with van der Waals surface area (Å²) in [7, 11) is 1.22. The number of hydrogen-bond donors (Lipinski definition) is 0. The van der Waals surface area contributed by atoms with Gasteiger partial charge in [-0.2, -0.15) is 0 Å². The fourth-order valence-electron chi connectivity index (χ4n) is 3.44. The average Bonchev–Trinajstić information content (AvgIpc) is 2.73. The summed E-state index contributed by atoms with van der Waals surface area (Å²) in [6.07, 6.45) is 2.67. The highest BCUT2D eigenvalue weighted by Gasteiger charge is 2.39. The third-order valence-electron chi connectivity index (χ3n) is 4.84. The van der Waals surface area contributed by atoms with Crippen LogP contribution < -0.4 is 5.56 Å². The predicted octanol–water partition coefficient (Wildman–Crippen LogP) is 1.47. The molecule has 1 unspecified atom stereocenters. The molecule has 4 rings (SSSR count). The molecule has 2 fully saturated rings. The summed E-state index contributed by atoms with van der Waals surface area (Å²) in [5.74, 6) is -0.754. The Labute approximate surface area is 155 Å². The number of hydrogen-bond acceptors (Lipinski definition) is 7. The fraction of sp³-hybridized carbons (Fsp3) is 0.421. The summed E-state index contributed by atoms with van der Waals surface area (Å²) >= 11 is 0. The van der Waals surface area contributed by atoms with Crippen molar-refractivity contribution in [1.29, 1.82) is 0 Å². The summed E-state index contributed by atoms with van der Waals surface area (Å²) < 4.78 is 23.8. The molecular formula is C19H20N2O6. The Morgan fingerprint density at radius 3 is 2.78 bits per heavy atom. The third kappa shape index (κ3) is 3.51. The first kappa shape index (κ1) is 17.8. The fourth-order valence-corrected chi connectivity index (χ4v) is 3.44. The molecule has 2 saturated heterocycles. The maximum absolute atomic E-state index is 12.6. The third-order valence-corrected chi connectivity index (χ3v) is 4.84. The quantitative estimate of drug-likeness (QED) is 0.754.